The molecule has 14 rings (SSSR count). The number of anilines is 3. The molecule has 13 aromatic rings. The van der Waals surface area contributed by atoms with Crippen LogP contribution < -0.4 is 4.90 Å². The number of benzene rings is 10. The average molecular weight is 858 g/mol. The van der Waals surface area contributed by atoms with Gasteiger partial charge in [-0.1, -0.05) is 147 Å². The molecule has 0 saturated carbocycles. The fourth-order valence-corrected chi connectivity index (χ4v) is 11.3. The Kier molecular flexibility index (Phi) is 8.00. The van der Waals surface area contributed by atoms with Gasteiger partial charge in [0.2, 0.25) is 0 Å². The molecule has 0 atom stereocenters. The maximum atomic E-state index is 6.76. The molecule has 10 aromatic carbocycles. The van der Waals surface area contributed by atoms with Gasteiger partial charge in [-0.15, -0.1) is 0 Å². The van der Waals surface area contributed by atoms with Crippen molar-refractivity contribution in [1.29, 1.82) is 0 Å². The Morgan fingerprint density at radius 1 is 0.373 bits per heavy atom. The first-order valence-electron chi connectivity index (χ1n) is 23.2. The third-order valence-electron chi connectivity index (χ3n) is 14.5. The summed E-state index contributed by atoms with van der Waals surface area (Å²) in [7, 11) is 0. The first-order chi connectivity index (χ1) is 33.0. The van der Waals surface area contributed by atoms with E-state index in [2.05, 4.69) is 246 Å². The lowest BCUT2D eigenvalue weighted by molar-refractivity contribution is 0.660. The summed E-state index contributed by atoms with van der Waals surface area (Å²) in [5.74, 6) is 0. The summed E-state index contributed by atoms with van der Waals surface area (Å²) in [6, 6.07) is 81.8. The fourth-order valence-electron chi connectivity index (χ4n) is 11.3. The van der Waals surface area contributed by atoms with E-state index in [1.54, 1.807) is 0 Å². The summed E-state index contributed by atoms with van der Waals surface area (Å²) in [5, 5.41) is 7.24. The third kappa shape index (κ3) is 5.54. The summed E-state index contributed by atoms with van der Waals surface area (Å²) in [6.07, 6.45) is 0. The first-order valence-corrected chi connectivity index (χ1v) is 23.2. The Hall–Kier alpha value is -8.60. The Bertz CT molecular complexity index is 4080. The largest absolute Gasteiger partial charge is 0.454 e. The first kappa shape index (κ1) is 37.7. The van der Waals surface area contributed by atoms with Gasteiger partial charge in [0.05, 0.1) is 27.8 Å². The Labute approximate surface area is 387 Å². The molecule has 0 N–H and O–H groups in total. The maximum Gasteiger partial charge on any atom is 0.159 e. The second kappa shape index (κ2) is 14.2. The van der Waals surface area contributed by atoms with Crippen LogP contribution in [0.15, 0.2) is 229 Å². The van der Waals surface area contributed by atoms with Crippen LogP contribution in [0.4, 0.5) is 17.1 Å². The van der Waals surface area contributed by atoms with Crippen LogP contribution in [0.2, 0.25) is 0 Å². The van der Waals surface area contributed by atoms with E-state index >= 15 is 0 Å². The lowest BCUT2D eigenvalue weighted by Crippen LogP contribution is -2.16. The molecule has 3 aromatic heterocycles. The van der Waals surface area contributed by atoms with Gasteiger partial charge in [-0.25, -0.2) is 0 Å². The van der Waals surface area contributed by atoms with Crippen LogP contribution in [0.25, 0.3) is 99.2 Å². The van der Waals surface area contributed by atoms with Gasteiger partial charge in [0, 0.05) is 60.5 Å². The minimum atomic E-state index is -0.267. The molecule has 0 spiro atoms. The highest BCUT2D eigenvalue weighted by Crippen LogP contribution is 2.52. The van der Waals surface area contributed by atoms with E-state index in [0.29, 0.717) is 0 Å². The van der Waals surface area contributed by atoms with Crippen LogP contribution in [0.5, 0.6) is 0 Å². The standard InChI is InChI=1S/C63H43N3O/c1-63(2)54-37-40(41-28-35-51-50-19-8-12-24-58(50)66(60(51)38-41)42-15-4-3-5-16-42)27-34-46(54)47-36-33-45(39-55(47)63)64(59-25-14-21-53-52-20-9-13-26-61(52)67-62(53)59)43-29-31-44(32-30-43)65-56-22-10-6-17-48(56)49-18-7-11-23-57(49)65/h3-39H,1-2H3. The molecule has 0 unspecified atom stereocenters. The number of furan rings is 1. The number of hydrogen-bond donors (Lipinski definition) is 0. The molecule has 1 aliphatic carbocycles. The quantitative estimate of drug-likeness (QED) is 0.167. The minimum Gasteiger partial charge on any atom is -0.454 e. The topological polar surface area (TPSA) is 26.2 Å². The van der Waals surface area contributed by atoms with Gasteiger partial charge in [-0.3, -0.25) is 0 Å². The number of para-hydroxylation sites is 6. The molecule has 0 fully saturated rings. The molecule has 4 heteroatoms. The zero-order chi connectivity index (χ0) is 44.4. The van der Waals surface area contributed by atoms with Gasteiger partial charge in [-0.05, 0) is 124 Å². The number of hydrogen-bond acceptors (Lipinski definition) is 2. The molecule has 4 nitrogen and oxygen atoms in total. The van der Waals surface area contributed by atoms with E-state index < -0.39 is 0 Å². The minimum absolute atomic E-state index is 0.267. The Balaban J connectivity index is 0.899. The molecule has 316 valence electrons. The van der Waals surface area contributed by atoms with E-state index in [4.69, 9.17) is 4.42 Å². The molecule has 1 aliphatic rings. The molecule has 3 heterocycles. The Morgan fingerprint density at radius 3 is 1.58 bits per heavy atom. The lowest BCUT2D eigenvalue weighted by atomic mass is 9.81. The molecule has 0 bridgehead atoms. The number of nitrogens with zero attached hydrogens (tertiary/aromatic N) is 3. The van der Waals surface area contributed by atoms with E-state index in [0.717, 1.165) is 50.4 Å². The van der Waals surface area contributed by atoms with E-state index in [1.165, 1.54) is 77.0 Å². The average Bonchev–Trinajstić information content (AvgIpc) is 4.10. The van der Waals surface area contributed by atoms with Gasteiger partial charge in [0.1, 0.15) is 5.58 Å². The van der Waals surface area contributed by atoms with Crippen molar-refractivity contribution < 1.29 is 4.42 Å². The van der Waals surface area contributed by atoms with Crippen molar-refractivity contribution in [2.24, 2.45) is 0 Å². The van der Waals surface area contributed by atoms with Gasteiger partial charge < -0.3 is 18.5 Å². The van der Waals surface area contributed by atoms with Crippen molar-refractivity contribution >= 4 is 82.6 Å². The molecule has 0 aliphatic heterocycles. The van der Waals surface area contributed by atoms with Crippen molar-refractivity contribution in [2.45, 2.75) is 19.3 Å². The van der Waals surface area contributed by atoms with Crippen LogP contribution in [-0.2, 0) is 5.41 Å². The number of rotatable bonds is 6. The molecule has 0 saturated heterocycles. The predicted octanol–water partition coefficient (Wildman–Crippen LogP) is 17.2. The summed E-state index contributed by atoms with van der Waals surface area (Å²) in [4.78, 5) is 2.38. The zero-order valence-electron chi connectivity index (χ0n) is 37.1. The normalized spacial score (nSPS) is 13.0. The predicted molar refractivity (Wildman–Crippen MR) is 280 cm³/mol. The zero-order valence-corrected chi connectivity index (χ0v) is 37.1. The highest BCUT2D eigenvalue weighted by atomic mass is 16.3. The van der Waals surface area contributed by atoms with Gasteiger partial charge in [-0.2, -0.15) is 0 Å². The highest BCUT2D eigenvalue weighted by molar-refractivity contribution is 6.12. The van der Waals surface area contributed by atoms with Crippen LogP contribution in [0.3, 0.4) is 0 Å². The van der Waals surface area contributed by atoms with E-state index in [9.17, 15) is 0 Å². The van der Waals surface area contributed by atoms with Crippen LogP contribution in [0.1, 0.15) is 25.0 Å². The second-order valence-electron chi connectivity index (χ2n) is 18.5. The Morgan fingerprint density at radius 2 is 0.881 bits per heavy atom. The summed E-state index contributed by atoms with van der Waals surface area (Å²) in [5.41, 5.74) is 19.3. The maximum absolute atomic E-state index is 6.76. The second-order valence-corrected chi connectivity index (χ2v) is 18.5. The summed E-state index contributed by atoms with van der Waals surface area (Å²) in [6.45, 7) is 4.76. The van der Waals surface area contributed by atoms with Gasteiger partial charge in [0.15, 0.2) is 5.58 Å². The summed E-state index contributed by atoms with van der Waals surface area (Å²) < 4.78 is 11.5. The lowest BCUT2D eigenvalue weighted by Gasteiger charge is -2.28. The molecule has 67 heavy (non-hydrogen) atoms. The van der Waals surface area contributed by atoms with Crippen molar-refractivity contribution in [3.63, 3.8) is 0 Å². The van der Waals surface area contributed by atoms with Crippen molar-refractivity contribution in [2.75, 3.05) is 4.90 Å². The number of aromatic nitrogens is 2. The van der Waals surface area contributed by atoms with Crippen molar-refractivity contribution in [1.82, 2.24) is 9.13 Å². The molecule has 0 amide bonds. The molecule has 0 radical (unpaired) electrons. The SMILES string of the molecule is CC1(C)c2cc(-c3ccc4c5ccccc5n(-c5ccccc5)c4c3)ccc2-c2ccc(N(c3ccc(-n4c5ccccc5c5ccccc54)cc3)c3cccc4c3oc3ccccc34)cc21. The number of fused-ring (bicyclic) bond motifs is 12. The van der Waals surface area contributed by atoms with E-state index in [1.807, 2.05) is 6.07 Å². The monoisotopic (exact) mass is 857 g/mol. The van der Waals surface area contributed by atoms with Crippen LogP contribution in [0, 0.1) is 0 Å². The summed E-state index contributed by atoms with van der Waals surface area (Å²) >= 11 is 0. The van der Waals surface area contributed by atoms with Crippen molar-refractivity contribution in [3.8, 4) is 33.6 Å². The van der Waals surface area contributed by atoms with Crippen LogP contribution in [-0.4, -0.2) is 9.13 Å². The van der Waals surface area contributed by atoms with Crippen molar-refractivity contribution in [3.05, 3.63) is 236 Å². The van der Waals surface area contributed by atoms with E-state index in [-0.39, 0.29) is 5.41 Å². The molecular formula is C63H43N3O. The smallest absolute Gasteiger partial charge is 0.159 e. The fraction of sp³-hybridized carbons (Fsp3) is 0.0476. The van der Waals surface area contributed by atoms with Crippen LogP contribution >= 0.6 is 0 Å². The highest BCUT2D eigenvalue weighted by Gasteiger charge is 2.37. The molecular weight excluding hydrogens is 815 g/mol. The van der Waals surface area contributed by atoms with Gasteiger partial charge in [0.25, 0.3) is 0 Å². The van der Waals surface area contributed by atoms with Gasteiger partial charge >= 0.3 is 0 Å². The third-order valence-corrected chi connectivity index (χ3v) is 14.5.